The second-order valence-electron chi connectivity index (χ2n) is 8.89. The first kappa shape index (κ1) is 24.6. The maximum absolute atomic E-state index is 14.9. The number of nitrogens with zero attached hydrogens (tertiary/aromatic N) is 3. The SMILES string of the molecule is Cc1nc2ccccc2c(-c2ccc(Cl)cc2)c1C1=NN(C(=O)CCC(=O)O)[C@H](c2ccccc2F)C1. The van der Waals surface area contributed by atoms with Gasteiger partial charge in [0.1, 0.15) is 5.82 Å². The maximum Gasteiger partial charge on any atom is 0.303 e. The van der Waals surface area contributed by atoms with Crippen molar-refractivity contribution in [2.45, 2.75) is 32.2 Å². The summed E-state index contributed by atoms with van der Waals surface area (Å²) in [5, 5.41) is 16.5. The topological polar surface area (TPSA) is 82.9 Å². The lowest BCUT2D eigenvalue weighted by Gasteiger charge is -2.22. The standard InChI is InChI=1S/C29H23ClFN3O3/c1-17-28(29(18-10-12-19(30)13-11-18)21-7-3-5-9-23(21)32-17)24-16-25(20-6-2-4-8-22(20)31)34(33-24)26(35)14-15-27(36)37/h2-13,25H,14-16H2,1H3,(H,36,37)/t25-/m0/s1. The van der Waals surface area contributed by atoms with Crippen LogP contribution < -0.4 is 0 Å². The van der Waals surface area contributed by atoms with Gasteiger partial charge in [0.05, 0.1) is 23.7 Å². The van der Waals surface area contributed by atoms with E-state index in [2.05, 4.69) is 5.10 Å². The van der Waals surface area contributed by atoms with Gasteiger partial charge < -0.3 is 5.11 Å². The molecule has 3 aromatic carbocycles. The molecule has 186 valence electrons. The molecule has 0 saturated heterocycles. The molecule has 0 saturated carbocycles. The molecule has 0 radical (unpaired) electrons. The van der Waals surface area contributed by atoms with E-state index in [0.29, 0.717) is 16.3 Å². The zero-order valence-electron chi connectivity index (χ0n) is 20.0. The average Bonchev–Trinajstić information content (AvgIpc) is 3.32. The molecule has 1 amide bonds. The van der Waals surface area contributed by atoms with Crippen molar-refractivity contribution in [2.24, 2.45) is 5.10 Å². The molecule has 6 nitrogen and oxygen atoms in total. The Morgan fingerprint density at radius 1 is 1.00 bits per heavy atom. The van der Waals surface area contributed by atoms with Crippen LogP contribution in [0.1, 0.15) is 42.1 Å². The van der Waals surface area contributed by atoms with Crippen molar-refractivity contribution in [3.63, 3.8) is 0 Å². The smallest absolute Gasteiger partial charge is 0.303 e. The van der Waals surface area contributed by atoms with Gasteiger partial charge in [-0.1, -0.05) is 60.1 Å². The molecule has 0 unspecified atom stereocenters. The van der Waals surface area contributed by atoms with E-state index in [1.807, 2.05) is 55.5 Å². The Bertz CT molecular complexity index is 1550. The fourth-order valence-corrected chi connectivity index (χ4v) is 4.94. The van der Waals surface area contributed by atoms with Crippen LogP contribution in [-0.2, 0) is 9.59 Å². The zero-order valence-corrected chi connectivity index (χ0v) is 20.7. The van der Waals surface area contributed by atoms with Gasteiger partial charge in [0, 0.05) is 45.6 Å². The van der Waals surface area contributed by atoms with Crippen LogP contribution in [0.25, 0.3) is 22.0 Å². The predicted molar refractivity (Wildman–Crippen MR) is 141 cm³/mol. The highest BCUT2D eigenvalue weighted by Gasteiger charge is 2.36. The summed E-state index contributed by atoms with van der Waals surface area (Å²) >= 11 is 6.17. The fraction of sp³-hybridized carbons (Fsp3) is 0.172. The van der Waals surface area contributed by atoms with Crippen LogP contribution in [0.2, 0.25) is 5.02 Å². The number of halogens is 2. The largest absolute Gasteiger partial charge is 0.481 e. The predicted octanol–water partition coefficient (Wildman–Crippen LogP) is 6.55. The van der Waals surface area contributed by atoms with Gasteiger partial charge in [-0.25, -0.2) is 9.40 Å². The number of pyridine rings is 1. The van der Waals surface area contributed by atoms with Gasteiger partial charge in [0.2, 0.25) is 5.91 Å². The summed E-state index contributed by atoms with van der Waals surface area (Å²) in [6.45, 7) is 1.89. The molecule has 2 heterocycles. The molecule has 1 N–H and O–H groups in total. The van der Waals surface area contributed by atoms with Gasteiger partial charge in [-0.05, 0) is 36.8 Å². The lowest BCUT2D eigenvalue weighted by Crippen LogP contribution is -2.28. The Morgan fingerprint density at radius 3 is 2.43 bits per heavy atom. The van der Waals surface area contributed by atoms with E-state index in [-0.39, 0.29) is 19.3 Å². The number of carboxylic acids is 1. The summed E-state index contributed by atoms with van der Waals surface area (Å²) in [5.41, 5.74) is 4.99. The number of benzene rings is 3. The van der Waals surface area contributed by atoms with Crippen molar-refractivity contribution in [1.82, 2.24) is 9.99 Å². The van der Waals surface area contributed by atoms with Crippen LogP contribution in [0, 0.1) is 12.7 Å². The van der Waals surface area contributed by atoms with E-state index in [4.69, 9.17) is 21.7 Å². The number of aryl methyl sites for hydroxylation is 1. The number of aliphatic carboxylic acids is 1. The quantitative estimate of drug-likeness (QED) is 0.316. The minimum atomic E-state index is -1.08. The Labute approximate surface area is 218 Å². The molecule has 0 aliphatic carbocycles. The number of carbonyl (C=O) groups is 2. The minimum absolute atomic E-state index is 0.240. The minimum Gasteiger partial charge on any atom is -0.481 e. The fourth-order valence-electron chi connectivity index (χ4n) is 4.81. The van der Waals surface area contributed by atoms with Crippen LogP contribution in [0.3, 0.4) is 0 Å². The molecule has 0 spiro atoms. The molecule has 4 aromatic rings. The highest BCUT2D eigenvalue weighted by Crippen LogP contribution is 2.40. The highest BCUT2D eigenvalue weighted by atomic mass is 35.5. The summed E-state index contributed by atoms with van der Waals surface area (Å²) in [5.74, 6) is -2.02. The molecule has 37 heavy (non-hydrogen) atoms. The Morgan fingerprint density at radius 2 is 1.70 bits per heavy atom. The zero-order chi connectivity index (χ0) is 26.1. The molecule has 1 aliphatic rings. The third-order valence-corrected chi connectivity index (χ3v) is 6.73. The van der Waals surface area contributed by atoms with Crippen molar-refractivity contribution in [1.29, 1.82) is 0 Å². The number of amides is 1. The Kier molecular flexibility index (Phi) is 6.72. The van der Waals surface area contributed by atoms with E-state index in [1.165, 1.54) is 11.1 Å². The Balaban J connectivity index is 1.69. The molecule has 5 rings (SSSR count). The number of aromatic nitrogens is 1. The number of hydrogen-bond acceptors (Lipinski definition) is 4. The number of para-hydroxylation sites is 1. The molecule has 1 aromatic heterocycles. The van der Waals surface area contributed by atoms with Gasteiger partial charge in [-0.15, -0.1) is 0 Å². The number of fused-ring (bicyclic) bond motifs is 1. The molecule has 1 aliphatic heterocycles. The molecule has 8 heteroatoms. The first-order valence-electron chi connectivity index (χ1n) is 11.8. The van der Waals surface area contributed by atoms with Crippen molar-refractivity contribution < 1.29 is 19.1 Å². The van der Waals surface area contributed by atoms with E-state index >= 15 is 0 Å². The Hall–Kier alpha value is -4.10. The second kappa shape index (κ2) is 10.1. The normalized spacial score (nSPS) is 15.2. The highest BCUT2D eigenvalue weighted by molar-refractivity contribution is 6.30. The van der Waals surface area contributed by atoms with Gasteiger partial charge in [-0.2, -0.15) is 5.10 Å². The number of hydrogen-bond donors (Lipinski definition) is 1. The van der Waals surface area contributed by atoms with Gasteiger partial charge >= 0.3 is 5.97 Å². The number of carbonyl (C=O) groups excluding carboxylic acids is 1. The van der Waals surface area contributed by atoms with Gasteiger partial charge in [0.15, 0.2) is 0 Å². The molecular weight excluding hydrogens is 493 g/mol. The molecule has 0 bridgehead atoms. The summed E-state index contributed by atoms with van der Waals surface area (Å²) in [6.07, 6.45) is -0.325. The first-order chi connectivity index (χ1) is 17.8. The van der Waals surface area contributed by atoms with Crippen molar-refractivity contribution in [3.05, 3.63) is 100 Å². The number of carboxylic acid groups (broad SMARTS) is 1. The molecule has 0 fully saturated rings. The van der Waals surface area contributed by atoms with E-state index in [9.17, 15) is 14.0 Å². The molecular formula is C29H23ClFN3O3. The van der Waals surface area contributed by atoms with Crippen molar-refractivity contribution >= 4 is 40.1 Å². The van der Waals surface area contributed by atoms with E-state index in [0.717, 1.165) is 33.3 Å². The average molecular weight is 516 g/mol. The van der Waals surface area contributed by atoms with E-state index in [1.54, 1.807) is 18.2 Å². The van der Waals surface area contributed by atoms with Gasteiger partial charge in [-0.3, -0.25) is 14.6 Å². The lowest BCUT2D eigenvalue weighted by molar-refractivity contribution is -0.141. The molecule has 1 atom stereocenters. The summed E-state index contributed by atoms with van der Waals surface area (Å²) < 4.78 is 14.9. The van der Waals surface area contributed by atoms with Crippen LogP contribution in [0.4, 0.5) is 4.39 Å². The van der Waals surface area contributed by atoms with Crippen LogP contribution in [-0.4, -0.2) is 32.7 Å². The van der Waals surface area contributed by atoms with Crippen molar-refractivity contribution in [2.75, 3.05) is 0 Å². The summed E-state index contributed by atoms with van der Waals surface area (Å²) in [7, 11) is 0. The first-order valence-corrected chi connectivity index (χ1v) is 12.2. The summed E-state index contributed by atoms with van der Waals surface area (Å²) in [4.78, 5) is 29.0. The monoisotopic (exact) mass is 515 g/mol. The summed E-state index contributed by atoms with van der Waals surface area (Å²) in [6, 6.07) is 20.8. The van der Waals surface area contributed by atoms with Crippen LogP contribution in [0.5, 0.6) is 0 Å². The van der Waals surface area contributed by atoms with Crippen LogP contribution >= 0.6 is 11.6 Å². The maximum atomic E-state index is 14.9. The van der Waals surface area contributed by atoms with E-state index < -0.39 is 23.7 Å². The lowest BCUT2D eigenvalue weighted by atomic mass is 9.89. The third kappa shape index (κ3) is 4.82. The van der Waals surface area contributed by atoms with Crippen LogP contribution in [0.15, 0.2) is 77.9 Å². The number of hydrazone groups is 1. The number of rotatable bonds is 6. The van der Waals surface area contributed by atoms with Gasteiger partial charge in [0.25, 0.3) is 0 Å². The van der Waals surface area contributed by atoms with Crippen molar-refractivity contribution in [3.8, 4) is 11.1 Å². The second-order valence-corrected chi connectivity index (χ2v) is 9.33. The third-order valence-electron chi connectivity index (χ3n) is 6.48.